The first-order valence-corrected chi connectivity index (χ1v) is 9.03. The molecule has 0 amide bonds. The summed E-state index contributed by atoms with van der Waals surface area (Å²) in [6, 6.07) is 21.8. The Balaban J connectivity index is 1.84. The fraction of sp³-hybridized carbons (Fsp3) is 0.130. The van der Waals surface area contributed by atoms with E-state index in [4.69, 9.17) is 14.5 Å². The van der Waals surface area contributed by atoms with Gasteiger partial charge in [-0.25, -0.2) is 4.98 Å². The first kappa shape index (κ1) is 17.8. The average Bonchev–Trinajstić information content (AvgIpc) is 3.17. The van der Waals surface area contributed by atoms with Crippen LogP contribution in [-0.4, -0.2) is 28.8 Å². The molecule has 0 bridgehead atoms. The van der Waals surface area contributed by atoms with Gasteiger partial charge in [-0.1, -0.05) is 30.3 Å². The normalized spacial score (nSPS) is 10.6. The predicted octanol–water partition coefficient (Wildman–Crippen LogP) is 4.68. The second kappa shape index (κ2) is 7.96. The number of hydrogen-bond donors (Lipinski definition) is 0. The molecule has 5 heteroatoms. The molecule has 0 unspecified atom stereocenters. The number of hydrogen-bond acceptors (Lipinski definition) is 4. The Labute approximate surface area is 164 Å². The molecule has 0 N–H and O–H groups in total. The number of nitrogens with zero attached hydrogens (tertiary/aromatic N) is 3. The van der Waals surface area contributed by atoms with Gasteiger partial charge < -0.3 is 14.0 Å². The molecule has 0 atom stereocenters. The highest BCUT2D eigenvalue weighted by molar-refractivity contribution is 5.80. The Morgan fingerprint density at radius 1 is 0.857 bits per heavy atom. The van der Waals surface area contributed by atoms with Crippen molar-refractivity contribution in [3.05, 3.63) is 84.8 Å². The first-order chi connectivity index (χ1) is 13.8. The molecule has 0 spiro atoms. The number of benzene rings is 2. The molecule has 2 aromatic heterocycles. The van der Waals surface area contributed by atoms with Gasteiger partial charge in [-0.3, -0.25) is 4.98 Å². The number of ether oxygens (including phenoxy) is 2. The molecule has 0 aliphatic rings. The van der Waals surface area contributed by atoms with Gasteiger partial charge >= 0.3 is 0 Å². The standard InChI is InChI=1S/C23H21N3O2/c1-27-18-9-7-8-17(14-18)15-26-16-25-22(19-10-3-4-12-21(19)28-2)23(26)20-11-5-6-13-24-20/h3-14,16H,15H2,1-2H3. The van der Waals surface area contributed by atoms with E-state index in [0.717, 1.165) is 39.7 Å². The van der Waals surface area contributed by atoms with Gasteiger partial charge in [0.2, 0.25) is 0 Å². The lowest BCUT2D eigenvalue weighted by Crippen LogP contribution is -2.02. The second-order valence-corrected chi connectivity index (χ2v) is 6.34. The lowest BCUT2D eigenvalue weighted by atomic mass is 10.1. The van der Waals surface area contributed by atoms with Gasteiger partial charge in [-0.05, 0) is 42.0 Å². The van der Waals surface area contributed by atoms with Gasteiger partial charge in [-0.15, -0.1) is 0 Å². The fourth-order valence-corrected chi connectivity index (χ4v) is 3.28. The molecule has 0 saturated heterocycles. The highest BCUT2D eigenvalue weighted by atomic mass is 16.5. The molecule has 0 aliphatic heterocycles. The predicted molar refractivity (Wildman–Crippen MR) is 110 cm³/mol. The zero-order valence-corrected chi connectivity index (χ0v) is 15.9. The topological polar surface area (TPSA) is 49.2 Å². The molecule has 4 aromatic rings. The van der Waals surface area contributed by atoms with E-state index in [1.807, 2.05) is 67.0 Å². The van der Waals surface area contributed by atoms with Crippen molar-refractivity contribution in [1.82, 2.24) is 14.5 Å². The maximum atomic E-state index is 5.56. The maximum absolute atomic E-state index is 5.56. The first-order valence-electron chi connectivity index (χ1n) is 9.03. The Bertz CT molecular complexity index is 1070. The molecule has 2 aromatic carbocycles. The summed E-state index contributed by atoms with van der Waals surface area (Å²) < 4.78 is 13.0. The Morgan fingerprint density at radius 3 is 2.50 bits per heavy atom. The van der Waals surface area contributed by atoms with Crippen LogP contribution < -0.4 is 9.47 Å². The molecule has 2 heterocycles. The van der Waals surface area contributed by atoms with Crippen molar-refractivity contribution in [2.24, 2.45) is 0 Å². The largest absolute Gasteiger partial charge is 0.497 e. The second-order valence-electron chi connectivity index (χ2n) is 6.34. The lowest BCUT2D eigenvalue weighted by Gasteiger charge is -2.12. The monoisotopic (exact) mass is 371 g/mol. The number of rotatable bonds is 6. The zero-order valence-electron chi connectivity index (χ0n) is 15.9. The summed E-state index contributed by atoms with van der Waals surface area (Å²) >= 11 is 0. The Kier molecular flexibility index (Phi) is 5.06. The van der Waals surface area contributed by atoms with Crippen LogP contribution in [0.2, 0.25) is 0 Å². The van der Waals surface area contributed by atoms with Crippen molar-refractivity contribution < 1.29 is 9.47 Å². The minimum absolute atomic E-state index is 0.658. The van der Waals surface area contributed by atoms with Crippen molar-refractivity contribution in [2.75, 3.05) is 14.2 Å². The molecule has 4 rings (SSSR count). The van der Waals surface area contributed by atoms with Crippen LogP contribution in [0.25, 0.3) is 22.6 Å². The number of para-hydroxylation sites is 1. The van der Waals surface area contributed by atoms with E-state index >= 15 is 0 Å². The van der Waals surface area contributed by atoms with Crippen LogP contribution in [0.5, 0.6) is 11.5 Å². The van der Waals surface area contributed by atoms with Gasteiger partial charge in [0.25, 0.3) is 0 Å². The van der Waals surface area contributed by atoms with E-state index in [1.54, 1.807) is 20.4 Å². The molecular weight excluding hydrogens is 350 g/mol. The summed E-state index contributed by atoms with van der Waals surface area (Å²) in [5, 5.41) is 0. The van der Waals surface area contributed by atoms with Gasteiger partial charge in [0, 0.05) is 18.3 Å². The van der Waals surface area contributed by atoms with Crippen molar-refractivity contribution in [2.45, 2.75) is 6.54 Å². The third-order valence-corrected chi connectivity index (χ3v) is 4.59. The SMILES string of the molecule is COc1cccc(Cn2cnc(-c3ccccc3OC)c2-c2ccccn2)c1. The lowest BCUT2D eigenvalue weighted by molar-refractivity contribution is 0.414. The molecule has 5 nitrogen and oxygen atoms in total. The van der Waals surface area contributed by atoms with Gasteiger partial charge in [0.05, 0.1) is 31.9 Å². The van der Waals surface area contributed by atoms with Crippen molar-refractivity contribution >= 4 is 0 Å². The Hall–Kier alpha value is -3.60. The molecule has 0 fully saturated rings. The van der Waals surface area contributed by atoms with Crippen molar-refractivity contribution in [1.29, 1.82) is 0 Å². The molecule has 140 valence electrons. The third kappa shape index (κ3) is 3.47. The number of pyridine rings is 1. The smallest absolute Gasteiger partial charge is 0.128 e. The third-order valence-electron chi connectivity index (χ3n) is 4.59. The fourth-order valence-electron chi connectivity index (χ4n) is 3.28. The van der Waals surface area contributed by atoms with E-state index in [2.05, 4.69) is 15.6 Å². The van der Waals surface area contributed by atoms with E-state index in [1.165, 1.54) is 0 Å². The molecule has 0 saturated carbocycles. The minimum atomic E-state index is 0.658. The molecular formula is C23H21N3O2. The van der Waals surface area contributed by atoms with Gasteiger partial charge in [0.15, 0.2) is 0 Å². The summed E-state index contributed by atoms with van der Waals surface area (Å²) in [5.74, 6) is 1.62. The average molecular weight is 371 g/mol. The van der Waals surface area contributed by atoms with Crippen LogP contribution in [-0.2, 0) is 6.54 Å². The summed E-state index contributed by atoms with van der Waals surface area (Å²) in [6.07, 6.45) is 3.65. The van der Waals surface area contributed by atoms with Crippen LogP contribution in [0.3, 0.4) is 0 Å². The van der Waals surface area contributed by atoms with Crippen LogP contribution in [0.4, 0.5) is 0 Å². The summed E-state index contributed by atoms with van der Waals surface area (Å²) in [6.45, 7) is 0.658. The molecule has 0 aliphatic carbocycles. The summed E-state index contributed by atoms with van der Waals surface area (Å²) in [5.41, 5.74) is 4.73. The van der Waals surface area contributed by atoms with Gasteiger partial charge in [-0.2, -0.15) is 0 Å². The number of methoxy groups -OCH3 is 2. The highest BCUT2D eigenvalue weighted by Gasteiger charge is 2.19. The minimum Gasteiger partial charge on any atom is -0.497 e. The van der Waals surface area contributed by atoms with Crippen molar-refractivity contribution in [3.63, 3.8) is 0 Å². The quantitative estimate of drug-likeness (QED) is 0.494. The van der Waals surface area contributed by atoms with E-state index in [9.17, 15) is 0 Å². The van der Waals surface area contributed by atoms with Gasteiger partial charge in [0.1, 0.15) is 17.2 Å². The molecule has 0 radical (unpaired) electrons. The highest BCUT2D eigenvalue weighted by Crippen LogP contribution is 2.35. The van der Waals surface area contributed by atoms with Crippen LogP contribution in [0.1, 0.15) is 5.56 Å². The Morgan fingerprint density at radius 2 is 1.71 bits per heavy atom. The summed E-state index contributed by atoms with van der Waals surface area (Å²) in [4.78, 5) is 9.29. The van der Waals surface area contributed by atoms with E-state index in [0.29, 0.717) is 6.54 Å². The number of imidazole rings is 1. The molecule has 28 heavy (non-hydrogen) atoms. The van der Waals surface area contributed by atoms with E-state index < -0.39 is 0 Å². The zero-order chi connectivity index (χ0) is 19.3. The van der Waals surface area contributed by atoms with Crippen LogP contribution in [0, 0.1) is 0 Å². The summed E-state index contributed by atoms with van der Waals surface area (Å²) in [7, 11) is 3.35. The van der Waals surface area contributed by atoms with Crippen molar-refractivity contribution in [3.8, 4) is 34.1 Å². The maximum Gasteiger partial charge on any atom is 0.128 e. The van der Waals surface area contributed by atoms with Crippen LogP contribution in [0.15, 0.2) is 79.3 Å². The van der Waals surface area contributed by atoms with Crippen LogP contribution >= 0.6 is 0 Å². The number of aromatic nitrogens is 3. The van der Waals surface area contributed by atoms with E-state index in [-0.39, 0.29) is 0 Å².